The zero-order valence-electron chi connectivity index (χ0n) is 12.9. The highest BCUT2D eigenvalue weighted by molar-refractivity contribution is 9.10. The van der Waals surface area contributed by atoms with Crippen LogP contribution >= 0.6 is 15.9 Å². The maximum absolute atomic E-state index is 3.62. The summed E-state index contributed by atoms with van der Waals surface area (Å²) in [5.74, 6) is 0.948. The Balaban J connectivity index is 1.91. The molecule has 2 rings (SSSR count). The lowest BCUT2D eigenvalue weighted by Crippen LogP contribution is -2.34. The fourth-order valence-corrected chi connectivity index (χ4v) is 3.25. The Morgan fingerprint density at radius 2 is 2.15 bits per heavy atom. The predicted octanol–water partition coefficient (Wildman–Crippen LogP) is 4.22. The standard InChI is InChI=1S/C17H27BrN2/c1-4-19-17(15-6-5-7-16(18)12-15)10-11-20(3)13(2)14-8-9-14/h5-7,12-14,17,19H,4,8-11H2,1-3H3. The third-order valence-corrected chi connectivity index (χ3v) is 4.96. The van der Waals surface area contributed by atoms with E-state index in [9.17, 15) is 0 Å². The van der Waals surface area contributed by atoms with Crippen LogP contribution in [0.1, 0.15) is 44.7 Å². The van der Waals surface area contributed by atoms with E-state index in [1.807, 2.05) is 0 Å². The second-order valence-electron chi connectivity index (χ2n) is 6.01. The topological polar surface area (TPSA) is 15.3 Å². The highest BCUT2D eigenvalue weighted by Gasteiger charge is 2.30. The minimum atomic E-state index is 0.450. The van der Waals surface area contributed by atoms with E-state index in [0.717, 1.165) is 35.9 Å². The first-order valence-electron chi connectivity index (χ1n) is 7.81. The molecule has 20 heavy (non-hydrogen) atoms. The van der Waals surface area contributed by atoms with Gasteiger partial charge in [0.15, 0.2) is 0 Å². The quantitative estimate of drug-likeness (QED) is 0.763. The lowest BCUT2D eigenvalue weighted by Gasteiger charge is -2.27. The Kier molecular flexibility index (Phi) is 6.06. The van der Waals surface area contributed by atoms with Gasteiger partial charge in [0.2, 0.25) is 0 Å². The smallest absolute Gasteiger partial charge is 0.0332 e. The van der Waals surface area contributed by atoms with Crippen LogP contribution in [0.4, 0.5) is 0 Å². The molecule has 1 saturated carbocycles. The van der Waals surface area contributed by atoms with Crippen LogP contribution < -0.4 is 5.32 Å². The molecule has 0 spiro atoms. The second kappa shape index (κ2) is 7.58. The molecule has 1 aromatic carbocycles. The van der Waals surface area contributed by atoms with Crippen molar-refractivity contribution in [2.45, 2.75) is 45.2 Å². The van der Waals surface area contributed by atoms with Gasteiger partial charge in [-0.05, 0) is 69.9 Å². The van der Waals surface area contributed by atoms with Crippen molar-refractivity contribution in [3.63, 3.8) is 0 Å². The summed E-state index contributed by atoms with van der Waals surface area (Å²) in [5, 5.41) is 3.62. The number of benzene rings is 1. The van der Waals surface area contributed by atoms with Crippen LogP contribution in [0.5, 0.6) is 0 Å². The Morgan fingerprint density at radius 3 is 2.75 bits per heavy atom. The Morgan fingerprint density at radius 1 is 1.40 bits per heavy atom. The summed E-state index contributed by atoms with van der Waals surface area (Å²) < 4.78 is 1.16. The van der Waals surface area contributed by atoms with Crippen molar-refractivity contribution in [1.29, 1.82) is 0 Å². The van der Waals surface area contributed by atoms with Gasteiger partial charge in [0.1, 0.15) is 0 Å². The van der Waals surface area contributed by atoms with Gasteiger partial charge in [-0.25, -0.2) is 0 Å². The summed E-state index contributed by atoms with van der Waals surface area (Å²) in [7, 11) is 2.27. The lowest BCUT2D eigenvalue weighted by molar-refractivity contribution is 0.222. The number of nitrogens with one attached hydrogen (secondary N) is 1. The first-order valence-corrected chi connectivity index (χ1v) is 8.60. The molecule has 1 aliphatic rings. The zero-order valence-corrected chi connectivity index (χ0v) is 14.5. The SMILES string of the molecule is CCNC(CCN(C)C(C)C1CC1)c1cccc(Br)c1. The van der Waals surface area contributed by atoms with Gasteiger partial charge in [-0.2, -0.15) is 0 Å². The number of rotatable bonds is 8. The average molecular weight is 339 g/mol. The molecule has 1 N–H and O–H groups in total. The van der Waals surface area contributed by atoms with Gasteiger partial charge in [-0.1, -0.05) is 35.0 Å². The van der Waals surface area contributed by atoms with E-state index in [1.54, 1.807) is 0 Å². The van der Waals surface area contributed by atoms with Crippen molar-refractivity contribution in [1.82, 2.24) is 10.2 Å². The monoisotopic (exact) mass is 338 g/mol. The molecule has 0 heterocycles. The van der Waals surface area contributed by atoms with Gasteiger partial charge in [0.05, 0.1) is 0 Å². The lowest BCUT2D eigenvalue weighted by atomic mass is 10.0. The molecule has 2 atom stereocenters. The maximum Gasteiger partial charge on any atom is 0.0332 e. The number of halogens is 1. The maximum atomic E-state index is 3.62. The molecule has 0 aliphatic heterocycles. The molecule has 0 amide bonds. The van der Waals surface area contributed by atoms with E-state index in [0.29, 0.717) is 6.04 Å². The van der Waals surface area contributed by atoms with Crippen molar-refractivity contribution in [2.75, 3.05) is 20.1 Å². The fourth-order valence-electron chi connectivity index (χ4n) is 2.83. The van der Waals surface area contributed by atoms with Gasteiger partial charge >= 0.3 is 0 Å². The van der Waals surface area contributed by atoms with Crippen LogP contribution in [0.25, 0.3) is 0 Å². The normalized spacial score (nSPS) is 18.2. The number of hydrogen-bond donors (Lipinski definition) is 1. The van der Waals surface area contributed by atoms with E-state index in [4.69, 9.17) is 0 Å². The van der Waals surface area contributed by atoms with Gasteiger partial charge in [-0.15, -0.1) is 0 Å². The Labute approximate surface area is 132 Å². The molecule has 3 heteroatoms. The Bertz CT molecular complexity index is 417. The summed E-state index contributed by atoms with van der Waals surface area (Å²) in [6.07, 6.45) is 4.01. The van der Waals surface area contributed by atoms with Gasteiger partial charge in [0.25, 0.3) is 0 Å². The molecule has 0 aromatic heterocycles. The minimum Gasteiger partial charge on any atom is -0.310 e. The molecular formula is C17H27BrN2. The fraction of sp³-hybridized carbons (Fsp3) is 0.647. The molecule has 112 valence electrons. The van der Waals surface area contributed by atoms with Crippen LogP contribution in [-0.4, -0.2) is 31.1 Å². The van der Waals surface area contributed by atoms with Crippen LogP contribution in [0.3, 0.4) is 0 Å². The summed E-state index contributed by atoms with van der Waals surface area (Å²) in [4.78, 5) is 2.53. The van der Waals surface area contributed by atoms with Crippen molar-refractivity contribution in [3.05, 3.63) is 34.3 Å². The van der Waals surface area contributed by atoms with Crippen LogP contribution in [0, 0.1) is 5.92 Å². The molecular weight excluding hydrogens is 312 g/mol. The molecule has 1 aliphatic carbocycles. The zero-order chi connectivity index (χ0) is 14.5. The highest BCUT2D eigenvalue weighted by atomic mass is 79.9. The van der Waals surface area contributed by atoms with Crippen molar-refractivity contribution < 1.29 is 0 Å². The largest absolute Gasteiger partial charge is 0.310 e. The minimum absolute atomic E-state index is 0.450. The van der Waals surface area contributed by atoms with Crippen molar-refractivity contribution >= 4 is 15.9 Å². The van der Waals surface area contributed by atoms with Crippen LogP contribution in [0.15, 0.2) is 28.7 Å². The third-order valence-electron chi connectivity index (χ3n) is 4.47. The van der Waals surface area contributed by atoms with Gasteiger partial charge in [0, 0.05) is 16.6 Å². The molecule has 1 aromatic rings. The van der Waals surface area contributed by atoms with E-state index in [2.05, 4.69) is 71.3 Å². The van der Waals surface area contributed by atoms with Crippen molar-refractivity contribution in [2.24, 2.45) is 5.92 Å². The molecule has 1 fully saturated rings. The van der Waals surface area contributed by atoms with E-state index in [1.165, 1.54) is 18.4 Å². The van der Waals surface area contributed by atoms with E-state index < -0.39 is 0 Å². The van der Waals surface area contributed by atoms with Gasteiger partial charge < -0.3 is 10.2 Å². The van der Waals surface area contributed by atoms with E-state index >= 15 is 0 Å². The third kappa shape index (κ3) is 4.57. The first kappa shape index (κ1) is 16.0. The van der Waals surface area contributed by atoms with Crippen LogP contribution in [0.2, 0.25) is 0 Å². The van der Waals surface area contributed by atoms with Gasteiger partial charge in [-0.3, -0.25) is 0 Å². The molecule has 0 saturated heterocycles. The summed E-state index contributed by atoms with van der Waals surface area (Å²) >= 11 is 3.57. The summed E-state index contributed by atoms with van der Waals surface area (Å²) in [5.41, 5.74) is 1.38. The highest BCUT2D eigenvalue weighted by Crippen LogP contribution is 2.35. The predicted molar refractivity (Wildman–Crippen MR) is 90.0 cm³/mol. The summed E-state index contributed by atoms with van der Waals surface area (Å²) in [6, 6.07) is 9.86. The molecule has 0 radical (unpaired) electrons. The average Bonchev–Trinajstić information content (AvgIpc) is 3.26. The van der Waals surface area contributed by atoms with E-state index in [-0.39, 0.29) is 0 Å². The summed E-state index contributed by atoms with van der Waals surface area (Å²) in [6.45, 7) is 6.72. The molecule has 2 nitrogen and oxygen atoms in total. The molecule has 0 bridgehead atoms. The first-order chi connectivity index (χ1) is 9.61. The molecule has 2 unspecified atom stereocenters. The Hall–Kier alpha value is -0.380. The van der Waals surface area contributed by atoms with Crippen LogP contribution in [-0.2, 0) is 0 Å². The second-order valence-corrected chi connectivity index (χ2v) is 6.93. The van der Waals surface area contributed by atoms with Crippen molar-refractivity contribution in [3.8, 4) is 0 Å². The number of hydrogen-bond acceptors (Lipinski definition) is 2. The number of nitrogens with zero attached hydrogens (tertiary/aromatic N) is 1.